The highest BCUT2D eigenvalue weighted by atomic mass is 79.9. The Labute approximate surface area is 159 Å². The molecule has 140 valence electrons. The molecule has 2 bridgehead atoms. The molecule has 1 saturated heterocycles. The number of aliphatic hydroxyl groups excluding tert-OH is 1. The van der Waals surface area contributed by atoms with E-state index in [0.717, 1.165) is 38.7 Å². The van der Waals surface area contributed by atoms with Crippen LogP contribution in [-0.2, 0) is 9.53 Å². The van der Waals surface area contributed by atoms with Gasteiger partial charge in [-0.2, -0.15) is 0 Å². The Morgan fingerprint density at radius 3 is 2.72 bits per heavy atom. The first kappa shape index (κ1) is 17.2. The number of hydrogen-bond acceptors (Lipinski definition) is 3. The molecule has 0 aromatic heterocycles. The van der Waals surface area contributed by atoms with E-state index in [1.807, 2.05) is 6.92 Å². The fourth-order valence-electron chi connectivity index (χ4n) is 8.38. The number of hydrogen-bond donors (Lipinski definition) is 1. The maximum Gasteiger partial charge on any atom is 0.133 e. The fourth-order valence-corrected chi connectivity index (χ4v) is 9.68. The van der Waals surface area contributed by atoms with Gasteiger partial charge in [0.2, 0.25) is 0 Å². The number of carbonyl (C=O) groups excluding carboxylic acids is 1. The Bertz CT molecular complexity index is 608. The minimum Gasteiger partial charge on any atom is -0.393 e. The lowest BCUT2D eigenvalue weighted by atomic mass is 9.44. The maximum absolute atomic E-state index is 12.3. The quantitative estimate of drug-likeness (QED) is 0.661. The van der Waals surface area contributed by atoms with E-state index in [2.05, 4.69) is 22.9 Å². The monoisotopic (exact) mass is 410 g/mol. The Hall–Kier alpha value is 0.0700. The maximum atomic E-state index is 12.3. The van der Waals surface area contributed by atoms with Crippen molar-refractivity contribution >= 4 is 21.7 Å². The molecule has 25 heavy (non-hydrogen) atoms. The zero-order chi connectivity index (χ0) is 17.6. The normalized spacial score (nSPS) is 59.8. The lowest BCUT2D eigenvalue weighted by molar-refractivity contribution is -0.131. The van der Waals surface area contributed by atoms with Crippen molar-refractivity contribution in [2.75, 3.05) is 6.61 Å². The molecule has 0 radical (unpaired) electrons. The van der Waals surface area contributed by atoms with Crippen LogP contribution in [0.15, 0.2) is 0 Å². The molecule has 4 saturated carbocycles. The highest BCUT2D eigenvalue weighted by Crippen LogP contribution is 2.72. The molecule has 1 heterocycles. The van der Waals surface area contributed by atoms with Crippen LogP contribution in [0.1, 0.15) is 65.2 Å². The molecule has 5 fully saturated rings. The standard InChI is InChI=1S/C21H31BrO3/c1-12(23)15-3-4-16-14-9-18-21(22)10-13(24)5-8-20(21,11-25-18)17(14)6-7-19(15,16)2/h13-18,24H,3-11H2,1-2H3/t13-,14-,15+,16-,17-,18+,19+,20-,21-/m0/s1. The molecule has 5 aliphatic rings. The molecule has 0 aromatic rings. The molecule has 4 aliphatic carbocycles. The molecule has 1 N–H and O–H groups in total. The third kappa shape index (κ3) is 1.97. The van der Waals surface area contributed by atoms with Crippen LogP contribution in [0.2, 0.25) is 0 Å². The summed E-state index contributed by atoms with van der Waals surface area (Å²) in [5.41, 5.74) is 0.416. The van der Waals surface area contributed by atoms with Crippen molar-refractivity contribution < 1.29 is 14.6 Å². The number of Topliss-reactive ketones (excluding diaryl/α,β-unsaturated/α-hetero) is 1. The van der Waals surface area contributed by atoms with Gasteiger partial charge in [-0.05, 0) is 81.5 Å². The second-order valence-corrected chi connectivity index (χ2v) is 11.5. The van der Waals surface area contributed by atoms with Crippen molar-refractivity contribution in [3.63, 3.8) is 0 Å². The first-order valence-electron chi connectivity index (χ1n) is 10.3. The van der Waals surface area contributed by atoms with Crippen LogP contribution in [0.5, 0.6) is 0 Å². The van der Waals surface area contributed by atoms with Gasteiger partial charge in [0.15, 0.2) is 0 Å². The number of alkyl halides is 1. The summed E-state index contributed by atoms with van der Waals surface area (Å²) in [6.07, 6.45) is 8.79. The smallest absolute Gasteiger partial charge is 0.133 e. The van der Waals surface area contributed by atoms with Crippen molar-refractivity contribution in [3.8, 4) is 0 Å². The third-order valence-electron chi connectivity index (χ3n) is 9.46. The topological polar surface area (TPSA) is 46.5 Å². The number of rotatable bonds is 1. The van der Waals surface area contributed by atoms with Gasteiger partial charge in [0, 0.05) is 11.3 Å². The summed E-state index contributed by atoms with van der Waals surface area (Å²) in [4.78, 5) is 12.3. The first-order valence-corrected chi connectivity index (χ1v) is 11.1. The lowest BCUT2D eigenvalue weighted by Crippen LogP contribution is -2.63. The van der Waals surface area contributed by atoms with Gasteiger partial charge in [0.25, 0.3) is 0 Å². The van der Waals surface area contributed by atoms with Crippen molar-refractivity contribution in [2.45, 2.75) is 81.7 Å². The van der Waals surface area contributed by atoms with Gasteiger partial charge in [-0.15, -0.1) is 0 Å². The first-order chi connectivity index (χ1) is 11.8. The number of ketones is 1. The van der Waals surface area contributed by atoms with E-state index in [4.69, 9.17) is 4.74 Å². The highest BCUT2D eigenvalue weighted by Gasteiger charge is 2.72. The van der Waals surface area contributed by atoms with E-state index in [9.17, 15) is 9.90 Å². The van der Waals surface area contributed by atoms with E-state index in [-0.39, 0.29) is 33.3 Å². The van der Waals surface area contributed by atoms with Gasteiger partial charge in [-0.25, -0.2) is 0 Å². The van der Waals surface area contributed by atoms with Crippen molar-refractivity contribution in [3.05, 3.63) is 0 Å². The summed E-state index contributed by atoms with van der Waals surface area (Å²) in [6.45, 7) is 5.09. The molecule has 0 spiro atoms. The van der Waals surface area contributed by atoms with E-state index in [1.54, 1.807) is 0 Å². The van der Waals surface area contributed by atoms with Gasteiger partial charge >= 0.3 is 0 Å². The predicted molar refractivity (Wildman–Crippen MR) is 99.5 cm³/mol. The van der Waals surface area contributed by atoms with Crippen LogP contribution in [-0.4, -0.2) is 34.0 Å². The minimum atomic E-state index is -0.185. The zero-order valence-electron chi connectivity index (χ0n) is 15.5. The molecule has 9 atom stereocenters. The van der Waals surface area contributed by atoms with Crippen LogP contribution in [0.3, 0.4) is 0 Å². The van der Waals surface area contributed by atoms with E-state index >= 15 is 0 Å². The summed E-state index contributed by atoms with van der Waals surface area (Å²) < 4.78 is 6.37. The van der Waals surface area contributed by atoms with E-state index in [0.29, 0.717) is 23.5 Å². The Kier molecular flexibility index (Phi) is 3.66. The van der Waals surface area contributed by atoms with E-state index in [1.165, 1.54) is 19.3 Å². The molecule has 4 heteroatoms. The zero-order valence-corrected chi connectivity index (χ0v) is 17.1. The third-order valence-corrected chi connectivity index (χ3v) is 11.1. The SMILES string of the molecule is CC(=O)[C@H]1CC[C@H]2[C@@H]3C[C@H]4OC[C@@]5(CC[C@H](O)C[C@]45Br)[C@H]3CC[C@]12C. The van der Waals surface area contributed by atoms with Gasteiger partial charge in [-0.3, -0.25) is 4.79 Å². The molecule has 0 amide bonds. The van der Waals surface area contributed by atoms with Crippen molar-refractivity contribution in [1.29, 1.82) is 0 Å². The average Bonchev–Trinajstić information content (AvgIpc) is 2.97. The van der Waals surface area contributed by atoms with Crippen LogP contribution >= 0.6 is 15.9 Å². The van der Waals surface area contributed by atoms with Crippen LogP contribution < -0.4 is 0 Å². The number of carbonyl (C=O) groups is 1. The number of fused-ring (bicyclic) bond motifs is 3. The van der Waals surface area contributed by atoms with E-state index < -0.39 is 0 Å². The van der Waals surface area contributed by atoms with Gasteiger partial charge < -0.3 is 9.84 Å². The Balaban J connectivity index is 1.52. The van der Waals surface area contributed by atoms with Gasteiger partial charge in [-0.1, -0.05) is 22.9 Å². The predicted octanol–water partition coefficient (Wildman–Crippen LogP) is 4.10. The van der Waals surface area contributed by atoms with Crippen LogP contribution in [0.25, 0.3) is 0 Å². The fraction of sp³-hybridized carbons (Fsp3) is 0.952. The second kappa shape index (κ2) is 5.32. The molecule has 1 aliphatic heterocycles. The molecular weight excluding hydrogens is 380 g/mol. The van der Waals surface area contributed by atoms with Crippen LogP contribution in [0, 0.1) is 34.5 Å². The summed E-state index contributed by atoms with van der Waals surface area (Å²) in [5, 5.41) is 10.3. The number of aliphatic hydroxyl groups is 1. The second-order valence-electron chi connectivity index (χ2n) is 10.1. The van der Waals surface area contributed by atoms with Crippen LogP contribution in [0.4, 0.5) is 0 Å². The molecular formula is C21H31BrO3. The largest absolute Gasteiger partial charge is 0.393 e. The minimum absolute atomic E-state index is 0.0227. The summed E-state index contributed by atoms with van der Waals surface area (Å²) in [5.74, 6) is 2.77. The molecule has 5 rings (SSSR count). The number of halogens is 1. The highest BCUT2D eigenvalue weighted by molar-refractivity contribution is 9.10. The molecule has 3 nitrogen and oxygen atoms in total. The van der Waals surface area contributed by atoms with Crippen molar-refractivity contribution in [2.24, 2.45) is 34.5 Å². The lowest BCUT2D eigenvalue weighted by Gasteiger charge is -2.62. The Morgan fingerprint density at radius 2 is 1.96 bits per heavy atom. The summed E-state index contributed by atoms with van der Waals surface area (Å²) in [6, 6.07) is 0. The van der Waals surface area contributed by atoms with Crippen molar-refractivity contribution in [1.82, 2.24) is 0 Å². The summed E-state index contributed by atoms with van der Waals surface area (Å²) >= 11 is 4.14. The van der Waals surface area contributed by atoms with Gasteiger partial charge in [0.05, 0.1) is 23.1 Å². The average molecular weight is 411 g/mol. The molecule has 0 aromatic carbocycles. The Morgan fingerprint density at radius 1 is 1.16 bits per heavy atom. The summed E-state index contributed by atoms with van der Waals surface area (Å²) in [7, 11) is 0. The number of ether oxygens (including phenoxy) is 1. The molecule has 0 unspecified atom stereocenters. The van der Waals surface area contributed by atoms with Gasteiger partial charge in [0.1, 0.15) is 5.78 Å².